The predicted molar refractivity (Wildman–Crippen MR) is 100 cm³/mol. The SMILES string of the molecule is Cc1c(C(=O)O)cccc1C(=O)Nc1ccc2c(c1)OCc1cnccc1-2. The Morgan fingerprint density at radius 3 is 2.74 bits per heavy atom. The van der Waals surface area contributed by atoms with Crippen molar-refractivity contribution in [3.05, 3.63) is 77.1 Å². The van der Waals surface area contributed by atoms with Gasteiger partial charge in [-0.2, -0.15) is 0 Å². The number of benzene rings is 2. The van der Waals surface area contributed by atoms with Crippen LogP contribution in [0.25, 0.3) is 11.1 Å². The highest BCUT2D eigenvalue weighted by molar-refractivity contribution is 6.07. The number of rotatable bonds is 3. The largest absolute Gasteiger partial charge is 0.488 e. The van der Waals surface area contributed by atoms with Crippen LogP contribution < -0.4 is 10.1 Å². The Kier molecular flexibility index (Phi) is 4.08. The van der Waals surface area contributed by atoms with Gasteiger partial charge < -0.3 is 15.2 Å². The van der Waals surface area contributed by atoms with E-state index in [1.54, 1.807) is 43.6 Å². The van der Waals surface area contributed by atoms with Gasteiger partial charge in [0.1, 0.15) is 12.4 Å². The number of fused-ring (bicyclic) bond motifs is 3. The summed E-state index contributed by atoms with van der Waals surface area (Å²) in [5.74, 6) is -0.740. The lowest BCUT2D eigenvalue weighted by molar-refractivity contribution is 0.0696. The van der Waals surface area contributed by atoms with Crippen molar-refractivity contribution in [2.75, 3.05) is 5.32 Å². The van der Waals surface area contributed by atoms with Crippen LogP contribution in [0, 0.1) is 6.92 Å². The minimum absolute atomic E-state index is 0.113. The van der Waals surface area contributed by atoms with Gasteiger partial charge in [-0.05, 0) is 48.4 Å². The topological polar surface area (TPSA) is 88.5 Å². The maximum absolute atomic E-state index is 12.6. The van der Waals surface area contributed by atoms with E-state index in [4.69, 9.17) is 4.74 Å². The van der Waals surface area contributed by atoms with Gasteiger partial charge in [0.25, 0.3) is 5.91 Å². The quantitative estimate of drug-likeness (QED) is 0.739. The maximum Gasteiger partial charge on any atom is 0.335 e. The number of nitrogens with one attached hydrogen (secondary N) is 1. The van der Waals surface area contributed by atoms with Crippen molar-refractivity contribution in [2.45, 2.75) is 13.5 Å². The number of carboxylic acids is 1. The first-order chi connectivity index (χ1) is 13.0. The monoisotopic (exact) mass is 360 g/mol. The molecule has 0 atom stereocenters. The van der Waals surface area contributed by atoms with Gasteiger partial charge in [-0.15, -0.1) is 0 Å². The Hall–Kier alpha value is -3.67. The third-order valence-electron chi connectivity index (χ3n) is 4.63. The van der Waals surface area contributed by atoms with Crippen LogP contribution in [0.2, 0.25) is 0 Å². The molecule has 2 aromatic carbocycles. The highest BCUT2D eigenvalue weighted by Gasteiger charge is 2.19. The average molecular weight is 360 g/mol. The number of pyridine rings is 1. The number of aromatic carboxylic acids is 1. The van der Waals surface area contributed by atoms with E-state index < -0.39 is 5.97 Å². The summed E-state index contributed by atoms with van der Waals surface area (Å²) in [4.78, 5) is 28.0. The number of carbonyl (C=O) groups excluding carboxylic acids is 1. The molecule has 1 aromatic heterocycles. The molecule has 27 heavy (non-hydrogen) atoms. The fourth-order valence-corrected chi connectivity index (χ4v) is 3.21. The molecule has 4 rings (SSSR count). The zero-order valence-electron chi connectivity index (χ0n) is 14.5. The standard InChI is InChI=1S/C21H16N2O4/c1-12-15(3-2-4-16(12)21(25)26)20(24)23-14-5-6-18-17-7-8-22-10-13(17)11-27-19(18)9-14/h2-10H,11H2,1H3,(H,23,24)(H,25,26). The van der Waals surface area contributed by atoms with Crippen LogP contribution in [0.1, 0.15) is 31.8 Å². The zero-order valence-corrected chi connectivity index (χ0v) is 14.5. The third kappa shape index (κ3) is 3.01. The van der Waals surface area contributed by atoms with E-state index in [1.807, 2.05) is 12.1 Å². The molecule has 3 aromatic rings. The smallest absolute Gasteiger partial charge is 0.335 e. The summed E-state index contributed by atoms with van der Waals surface area (Å²) in [5.41, 5.74) is 4.47. The van der Waals surface area contributed by atoms with Crippen LogP contribution in [-0.2, 0) is 6.61 Å². The molecule has 0 unspecified atom stereocenters. The summed E-state index contributed by atoms with van der Waals surface area (Å²) in [6.07, 6.45) is 3.52. The predicted octanol–water partition coefficient (Wildman–Crippen LogP) is 3.90. The minimum atomic E-state index is -1.06. The highest BCUT2D eigenvalue weighted by atomic mass is 16.5. The van der Waals surface area contributed by atoms with Gasteiger partial charge in [-0.3, -0.25) is 9.78 Å². The van der Waals surface area contributed by atoms with Crippen LogP contribution >= 0.6 is 0 Å². The molecule has 0 fully saturated rings. The number of amides is 1. The Bertz CT molecular complexity index is 1080. The van der Waals surface area contributed by atoms with Crippen molar-refractivity contribution in [2.24, 2.45) is 0 Å². The third-order valence-corrected chi connectivity index (χ3v) is 4.63. The molecular weight excluding hydrogens is 344 g/mol. The van der Waals surface area contributed by atoms with Gasteiger partial charge in [-0.25, -0.2) is 4.79 Å². The Labute approximate surface area is 155 Å². The first kappa shape index (κ1) is 16.8. The molecule has 6 heteroatoms. The maximum atomic E-state index is 12.6. The first-order valence-corrected chi connectivity index (χ1v) is 8.39. The van der Waals surface area contributed by atoms with Crippen LogP contribution in [0.15, 0.2) is 54.9 Å². The number of anilines is 1. The molecule has 0 bridgehead atoms. The summed E-state index contributed by atoms with van der Waals surface area (Å²) in [7, 11) is 0. The van der Waals surface area contributed by atoms with E-state index >= 15 is 0 Å². The van der Waals surface area contributed by atoms with E-state index in [-0.39, 0.29) is 11.5 Å². The van der Waals surface area contributed by atoms with Crippen molar-refractivity contribution in [3.8, 4) is 16.9 Å². The Morgan fingerprint density at radius 1 is 1.11 bits per heavy atom. The number of carbonyl (C=O) groups is 2. The normalized spacial score (nSPS) is 11.7. The lowest BCUT2D eigenvalue weighted by Gasteiger charge is -2.21. The summed E-state index contributed by atoms with van der Waals surface area (Å²) >= 11 is 0. The molecule has 1 amide bonds. The second-order valence-electron chi connectivity index (χ2n) is 6.27. The van der Waals surface area contributed by atoms with Gasteiger partial charge >= 0.3 is 5.97 Å². The van der Waals surface area contributed by atoms with Crippen molar-refractivity contribution in [3.63, 3.8) is 0 Å². The number of nitrogens with zero attached hydrogens (tertiary/aromatic N) is 1. The highest BCUT2D eigenvalue weighted by Crippen LogP contribution is 2.38. The average Bonchev–Trinajstić information content (AvgIpc) is 2.67. The van der Waals surface area contributed by atoms with E-state index in [0.717, 1.165) is 16.7 Å². The van der Waals surface area contributed by atoms with Crippen molar-refractivity contribution in [1.29, 1.82) is 0 Å². The van der Waals surface area contributed by atoms with Crippen LogP contribution in [-0.4, -0.2) is 22.0 Å². The molecule has 2 N–H and O–H groups in total. The second-order valence-corrected chi connectivity index (χ2v) is 6.27. The van der Waals surface area contributed by atoms with Gasteiger partial charge in [0.2, 0.25) is 0 Å². The summed E-state index contributed by atoms with van der Waals surface area (Å²) < 4.78 is 5.78. The number of carboxylic acid groups (broad SMARTS) is 1. The number of ether oxygens (including phenoxy) is 1. The number of hydrogen-bond acceptors (Lipinski definition) is 4. The van der Waals surface area contributed by atoms with Gasteiger partial charge in [0.15, 0.2) is 0 Å². The molecule has 1 aliphatic heterocycles. The minimum Gasteiger partial charge on any atom is -0.488 e. The summed E-state index contributed by atoms with van der Waals surface area (Å²) in [5, 5.41) is 12.0. The molecular formula is C21H16N2O4. The summed E-state index contributed by atoms with van der Waals surface area (Å²) in [6.45, 7) is 2.05. The molecule has 1 aliphatic rings. The van der Waals surface area contributed by atoms with Gasteiger partial charge in [0.05, 0.1) is 5.56 Å². The van der Waals surface area contributed by atoms with Crippen molar-refractivity contribution >= 4 is 17.6 Å². The van der Waals surface area contributed by atoms with E-state index in [2.05, 4.69) is 10.3 Å². The van der Waals surface area contributed by atoms with E-state index in [9.17, 15) is 14.7 Å². The number of hydrogen-bond donors (Lipinski definition) is 2. The van der Waals surface area contributed by atoms with E-state index in [0.29, 0.717) is 29.2 Å². The molecule has 2 heterocycles. The first-order valence-electron chi connectivity index (χ1n) is 8.39. The molecule has 0 aliphatic carbocycles. The lowest BCUT2D eigenvalue weighted by Crippen LogP contribution is -2.15. The Morgan fingerprint density at radius 2 is 1.93 bits per heavy atom. The molecule has 0 saturated heterocycles. The lowest BCUT2D eigenvalue weighted by atomic mass is 9.98. The van der Waals surface area contributed by atoms with Gasteiger partial charge in [-0.1, -0.05) is 6.07 Å². The fraction of sp³-hybridized carbons (Fsp3) is 0.0952. The van der Waals surface area contributed by atoms with Gasteiger partial charge in [0, 0.05) is 40.8 Å². The second kappa shape index (κ2) is 6.57. The van der Waals surface area contributed by atoms with Crippen LogP contribution in [0.3, 0.4) is 0 Å². The number of aromatic nitrogens is 1. The van der Waals surface area contributed by atoms with Crippen molar-refractivity contribution < 1.29 is 19.4 Å². The summed E-state index contributed by atoms with van der Waals surface area (Å²) in [6, 6.07) is 12.0. The van der Waals surface area contributed by atoms with Crippen LogP contribution in [0.5, 0.6) is 5.75 Å². The fourth-order valence-electron chi connectivity index (χ4n) is 3.21. The molecule has 0 spiro atoms. The molecule has 0 saturated carbocycles. The van der Waals surface area contributed by atoms with Crippen LogP contribution in [0.4, 0.5) is 5.69 Å². The van der Waals surface area contributed by atoms with Crippen molar-refractivity contribution in [1.82, 2.24) is 4.98 Å². The molecule has 6 nitrogen and oxygen atoms in total. The Balaban J connectivity index is 1.63. The molecule has 0 radical (unpaired) electrons. The van der Waals surface area contributed by atoms with E-state index in [1.165, 1.54) is 6.07 Å². The zero-order chi connectivity index (χ0) is 19.0. The molecule has 134 valence electrons.